The molecule has 2 N–H and O–H groups in total. The zero-order valence-corrected chi connectivity index (χ0v) is 13.6. The summed E-state index contributed by atoms with van der Waals surface area (Å²) in [5.41, 5.74) is 0.172. The van der Waals surface area contributed by atoms with Crippen LogP contribution in [0.1, 0.15) is 6.42 Å². The van der Waals surface area contributed by atoms with E-state index in [-0.39, 0.29) is 36.1 Å². The van der Waals surface area contributed by atoms with Crippen LogP contribution in [-0.2, 0) is 14.8 Å². The number of amides is 1. The highest BCUT2D eigenvalue weighted by molar-refractivity contribution is 9.10. The van der Waals surface area contributed by atoms with Gasteiger partial charge in [-0.1, -0.05) is 15.9 Å². The number of primary sulfonamides is 1. The average molecular weight is 399 g/mol. The van der Waals surface area contributed by atoms with Crippen LogP contribution in [0.4, 0.5) is 14.5 Å². The number of hydrogen-bond acceptors (Lipinski definition) is 4. The van der Waals surface area contributed by atoms with Gasteiger partial charge in [-0.2, -0.15) is 8.78 Å². The number of nitrogens with two attached hydrogens (primary N) is 1. The molecule has 1 saturated heterocycles. The molecule has 0 bridgehead atoms. The summed E-state index contributed by atoms with van der Waals surface area (Å²) in [6, 6.07) is 4.36. The first-order chi connectivity index (χ1) is 10.2. The topological polar surface area (TPSA) is 89.7 Å². The molecular formula is C12H13BrF2N2O4S. The Labute approximate surface area is 134 Å². The van der Waals surface area contributed by atoms with Crippen LogP contribution < -0.4 is 14.8 Å². The van der Waals surface area contributed by atoms with Gasteiger partial charge in [-0.25, -0.2) is 13.6 Å². The average Bonchev–Trinajstić information content (AvgIpc) is 2.67. The number of ether oxygens (including phenoxy) is 1. The lowest BCUT2D eigenvalue weighted by Crippen LogP contribution is -2.28. The molecule has 6 nitrogen and oxygen atoms in total. The van der Waals surface area contributed by atoms with Crippen LogP contribution in [0.2, 0.25) is 0 Å². The molecule has 1 atom stereocenters. The molecule has 1 aliphatic rings. The van der Waals surface area contributed by atoms with Crippen molar-refractivity contribution in [1.29, 1.82) is 0 Å². The maximum Gasteiger partial charge on any atom is 0.387 e. The first-order valence-electron chi connectivity index (χ1n) is 6.21. The van der Waals surface area contributed by atoms with Crippen molar-refractivity contribution in [3.63, 3.8) is 0 Å². The molecule has 1 aromatic rings. The van der Waals surface area contributed by atoms with Crippen molar-refractivity contribution in [2.24, 2.45) is 11.1 Å². The van der Waals surface area contributed by atoms with E-state index in [2.05, 4.69) is 20.7 Å². The number of nitrogens with zero attached hydrogens (tertiary/aromatic N) is 1. The molecule has 1 heterocycles. The highest BCUT2D eigenvalue weighted by Crippen LogP contribution is 2.36. The molecule has 1 unspecified atom stereocenters. The van der Waals surface area contributed by atoms with E-state index in [9.17, 15) is 22.0 Å². The van der Waals surface area contributed by atoms with Crippen LogP contribution in [-0.4, -0.2) is 33.2 Å². The van der Waals surface area contributed by atoms with Crippen molar-refractivity contribution in [2.75, 3.05) is 17.2 Å². The number of anilines is 1. The lowest BCUT2D eigenvalue weighted by atomic mass is 10.1. The fraction of sp³-hybridized carbons (Fsp3) is 0.417. The second-order valence-electron chi connectivity index (χ2n) is 4.89. The zero-order valence-electron chi connectivity index (χ0n) is 11.2. The van der Waals surface area contributed by atoms with Crippen molar-refractivity contribution >= 4 is 37.5 Å². The van der Waals surface area contributed by atoms with Crippen molar-refractivity contribution in [1.82, 2.24) is 0 Å². The van der Waals surface area contributed by atoms with Crippen LogP contribution in [0, 0.1) is 5.92 Å². The fourth-order valence-electron chi connectivity index (χ4n) is 2.36. The SMILES string of the molecule is NS(=O)(=O)CC1CC(=O)N(c2ccc(Br)cc2OC(F)F)C1. The molecule has 1 fully saturated rings. The Bertz CT molecular complexity index is 684. The van der Waals surface area contributed by atoms with E-state index in [0.29, 0.717) is 4.47 Å². The molecule has 0 aromatic heterocycles. The molecule has 0 spiro atoms. The molecule has 1 aliphatic heterocycles. The van der Waals surface area contributed by atoms with Gasteiger partial charge in [-0.3, -0.25) is 4.79 Å². The number of carbonyl (C=O) groups excluding carboxylic acids is 1. The third-order valence-corrected chi connectivity index (χ3v) is 4.53. The third kappa shape index (κ3) is 4.37. The van der Waals surface area contributed by atoms with E-state index < -0.39 is 22.6 Å². The number of halogens is 3. The Morgan fingerprint density at radius 1 is 1.45 bits per heavy atom. The fourth-order valence-corrected chi connectivity index (χ4v) is 3.58. The smallest absolute Gasteiger partial charge is 0.387 e. The summed E-state index contributed by atoms with van der Waals surface area (Å²) in [7, 11) is -3.71. The quantitative estimate of drug-likeness (QED) is 0.816. The maximum atomic E-state index is 12.5. The second-order valence-corrected chi connectivity index (χ2v) is 7.47. The molecule has 0 saturated carbocycles. The van der Waals surface area contributed by atoms with Crippen molar-refractivity contribution in [2.45, 2.75) is 13.0 Å². The molecule has 1 aromatic carbocycles. The number of benzene rings is 1. The number of rotatable bonds is 5. The summed E-state index contributed by atoms with van der Waals surface area (Å²) in [5, 5.41) is 4.97. The first kappa shape index (κ1) is 17.1. The predicted octanol–water partition coefficient (Wildman–Crippen LogP) is 1.69. The van der Waals surface area contributed by atoms with E-state index >= 15 is 0 Å². The van der Waals surface area contributed by atoms with Crippen molar-refractivity contribution in [3.8, 4) is 5.75 Å². The minimum atomic E-state index is -3.71. The van der Waals surface area contributed by atoms with Crippen LogP contribution in [0.5, 0.6) is 5.75 Å². The van der Waals surface area contributed by atoms with E-state index in [1.54, 1.807) is 6.07 Å². The monoisotopic (exact) mass is 398 g/mol. The summed E-state index contributed by atoms with van der Waals surface area (Å²) in [5.74, 6) is -1.34. The van der Waals surface area contributed by atoms with Crippen LogP contribution >= 0.6 is 15.9 Å². The van der Waals surface area contributed by atoms with Gasteiger partial charge >= 0.3 is 6.61 Å². The van der Waals surface area contributed by atoms with E-state index in [0.717, 1.165) is 0 Å². The number of hydrogen-bond donors (Lipinski definition) is 1. The molecule has 10 heteroatoms. The van der Waals surface area contributed by atoms with E-state index in [4.69, 9.17) is 5.14 Å². The molecule has 122 valence electrons. The van der Waals surface area contributed by atoms with Crippen LogP contribution in [0.15, 0.2) is 22.7 Å². The number of alkyl halides is 2. The normalized spacial score (nSPS) is 19.0. The summed E-state index contributed by atoms with van der Waals surface area (Å²) >= 11 is 3.14. The highest BCUT2D eigenvalue weighted by Gasteiger charge is 2.34. The van der Waals surface area contributed by atoms with Gasteiger partial charge in [0.2, 0.25) is 15.9 Å². The van der Waals surface area contributed by atoms with Crippen molar-refractivity contribution in [3.05, 3.63) is 22.7 Å². The number of sulfonamides is 1. The number of carbonyl (C=O) groups is 1. The highest BCUT2D eigenvalue weighted by atomic mass is 79.9. The zero-order chi connectivity index (χ0) is 16.5. The Hall–Kier alpha value is -1.26. The summed E-state index contributed by atoms with van der Waals surface area (Å²) < 4.78 is 52.1. The van der Waals surface area contributed by atoms with E-state index in [1.807, 2.05) is 0 Å². The van der Waals surface area contributed by atoms with Crippen molar-refractivity contribution < 1.29 is 26.7 Å². The molecule has 1 amide bonds. The van der Waals surface area contributed by atoms with Crippen LogP contribution in [0.3, 0.4) is 0 Å². The minimum absolute atomic E-state index is 0.0133. The maximum absolute atomic E-state index is 12.5. The summed E-state index contributed by atoms with van der Waals surface area (Å²) in [4.78, 5) is 13.3. The second kappa shape index (κ2) is 6.47. The van der Waals surface area contributed by atoms with Gasteiger partial charge in [0.25, 0.3) is 0 Å². The molecule has 0 radical (unpaired) electrons. The largest absolute Gasteiger partial charge is 0.433 e. The van der Waals surface area contributed by atoms with Gasteiger partial charge < -0.3 is 9.64 Å². The van der Waals surface area contributed by atoms with E-state index in [1.165, 1.54) is 17.0 Å². The molecule has 22 heavy (non-hydrogen) atoms. The third-order valence-electron chi connectivity index (χ3n) is 3.10. The van der Waals surface area contributed by atoms with Crippen LogP contribution in [0.25, 0.3) is 0 Å². The van der Waals surface area contributed by atoms with Gasteiger partial charge in [0, 0.05) is 23.4 Å². The molecular weight excluding hydrogens is 386 g/mol. The van der Waals surface area contributed by atoms with Gasteiger partial charge in [0.1, 0.15) is 0 Å². The Kier molecular flexibility index (Phi) is 5.03. The molecule has 2 rings (SSSR count). The van der Waals surface area contributed by atoms with Gasteiger partial charge in [0.05, 0.1) is 11.4 Å². The van der Waals surface area contributed by atoms with Gasteiger partial charge in [-0.05, 0) is 18.2 Å². The standard InChI is InChI=1S/C12H13BrF2N2O4S/c13-8-1-2-9(10(4-8)21-12(14)15)17-5-7(3-11(17)18)6-22(16,19)20/h1-2,4,7,12H,3,5-6H2,(H2,16,19,20). The van der Waals surface area contributed by atoms with Gasteiger partial charge in [0.15, 0.2) is 5.75 Å². The Morgan fingerprint density at radius 3 is 2.73 bits per heavy atom. The lowest BCUT2D eigenvalue weighted by molar-refractivity contribution is -0.117. The summed E-state index contributed by atoms with van der Waals surface area (Å²) in [6.45, 7) is -2.96. The lowest BCUT2D eigenvalue weighted by Gasteiger charge is -2.20. The summed E-state index contributed by atoms with van der Waals surface area (Å²) in [6.07, 6.45) is -0.0133. The van der Waals surface area contributed by atoms with Gasteiger partial charge in [-0.15, -0.1) is 0 Å². The first-order valence-corrected chi connectivity index (χ1v) is 8.72. The Balaban J connectivity index is 2.26. The Morgan fingerprint density at radius 2 is 2.14 bits per heavy atom. The minimum Gasteiger partial charge on any atom is -0.433 e. The molecule has 0 aliphatic carbocycles. The predicted molar refractivity (Wildman–Crippen MR) is 79.2 cm³/mol.